The topological polar surface area (TPSA) is 40.7 Å². The molecule has 1 fully saturated rings. The van der Waals surface area contributed by atoms with Crippen molar-refractivity contribution in [3.05, 3.63) is 3.95 Å². The number of aromatic amines is 1. The summed E-state index contributed by atoms with van der Waals surface area (Å²) in [4.78, 5) is 0. The Morgan fingerprint density at radius 2 is 2.33 bits per heavy atom. The van der Waals surface area contributed by atoms with Crippen LogP contribution in [-0.4, -0.2) is 27.7 Å². The van der Waals surface area contributed by atoms with Gasteiger partial charge in [0.1, 0.15) is 0 Å². The molecule has 0 bridgehead atoms. The van der Waals surface area contributed by atoms with Gasteiger partial charge >= 0.3 is 0 Å². The van der Waals surface area contributed by atoms with Crippen LogP contribution >= 0.6 is 35.3 Å². The Labute approximate surface area is 103 Å². The van der Waals surface area contributed by atoms with Crippen molar-refractivity contribution in [3.63, 3.8) is 0 Å². The van der Waals surface area contributed by atoms with E-state index in [1.807, 2.05) is 11.8 Å². The zero-order valence-corrected chi connectivity index (χ0v) is 11.2. The van der Waals surface area contributed by atoms with Crippen LogP contribution in [0.15, 0.2) is 0 Å². The molecule has 0 spiro atoms. The smallest absolute Gasteiger partial charge is 0.204 e. The monoisotopic (exact) mass is 261 g/mol. The van der Waals surface area contributed by atoms with E-state index >= 15 is 0 Å². The minimum absolute atomic E-state index is 0.424. The van der Waals surface area contributed by atoms with E-state index < -0.39 is 0 Å². The molecule has 0 aliphatic heterocycles. The first kappa shape index (κ1) is 11.4. The van der Waals surface area contributed by atoms with Crippen molar-refractivity contribution in [2.24, 2.45) is 0 Å². The SMILES string of the molecule is CSC1(CNc2n[nH]c(=S)s2)CCCC1. The first-order chi connectivity index (χ1) is 7.24. The molecule has 2 N–H and O–H groups in total. The lowest BCUT2D eigenvalue weighted by Crippen LogP contribution is -2.29. The largest absolute Gasteiger partial charge is 0.359 e. The molecule has 84 valence electrons. The fraction of sp³-hybridized carbons (Fsp3) is 0.778. The number of nitrogens with zero attached hydrogens (tertiary/aromatic N) is 1. The zero-order valence-electron chi connectivity index (χ0n) is 8.71. The molecule has 1 heterocycles. The van der Waals surface area contributed by atoms with E-state index in [2.05, 4.69) is 21.8 Å². The third kappa shape index (κ3) is 2.73. The number of anilines is 1. The number of nitrogens with one attached hydrogen (secondary N) is 2. The van der Waals surface area contributed by atoms with Crippen molar-refractivity contribution >= 4 is 40.4 Å². The first-order valence-corrected chi connectivity index (χ1v) is 7.54. The Bertz CT molecular complexity index is 365. The normalized spacial score (nSPS) is 19.3. The lowest BCUT2D eigenvalue weighted by atomic mass is 10.1. The summed E-state index contributed by atoms with van der Waals surface area (Å²) in [5.74, 6) is 0. The Morgan fingerprint density at radius 1 is 1.60 bits per heavy atom. The summed E-state index contributed by atoms with van der Waals surface area (Å²) in [6.07, 6.45) is 7.56. The summed E-state index contributed by atoms with van der Waals surface area (Å²) in [6, 6.07) is 0. The maximum Gasteiger partial charge on any atom is 0.204 e. The maximum absolute atomic E-state index is 4.99. The van der Waals surface area contributed by atoms with Gasteiger partial charge in [-0.3, -0.25) is 5.10 Å². The van der Waals surface area contributed by atoms with Gasteiger partial charge in [0.2, 0.25) is 5.13 Å². The van der Waals surface area contributed by atoms with Crippen molar-refractivity contribution in [1.29, 1.82) is 0 Å². The molecule has 1 aromatic heterocycles. The Morgan fingerprint density at radius 3 is 2.87 bits per heavy atom. The van der Waals surface area contributed by atoms with Gasteiger partial charge < -0.3 is 5.32 Å². The Kier molecular flexibility index (Phi) is 3.69. The predicted octanol–water partition coefficient (Wildman–Crippen LogP) is 3.29. The minimum Gasteiger partial charge on any atom is -0.359 e. The van der Waals surface area contributed by atoms with Crippen LogP contribution in [0.1, 0.15) is 25.7 Å². The summed E-state index contributed by atoms with van der Waals surface area (Å²) in [7, 11) is 0. The van der Waals surface area contributed by atoms with Crippen LogP contribution in [0, 0.1) is 3.95 Å². The molecular weight excluding hydrogens is 246 g/mol. The molecule has 6 heteroatoms. The number of hydrogen-bond donors (Lipinski definition) is 2. The molecule has 2 rings (SSSR count). The second-order valence-corrected chi connectivity index (χ2v) is 6.81. The lowest BCUT2D eigenvalue weighted by Gasteiger charge is -2.26. The van der Waals surface area contributed by atoms with Gasteiger partial charge in [-0.2, -0.15) is 11.8 Å². The molecule has 0 unspecified atom stereocenters. The van der Waals surface area contributed by atoms with E-state index in [1.54, 1.807) is 0 Å². The van der Waals surface area contributed by atoms with Crippen LogP contribution in [0.3, 0.4) is 0 Å². The molecule has 0 aromatic carbocycles. The number of rotatable bonds is 4. The summed E-state index contributed by atoms with van der Waals surface area (Å²) in [6.45, 7) is 1.00. The molecule has 1 aliphatic carbocycles. The Hall–Kier alpha value is -0.0700. The van der Waals surface area contributed by atoms with Crippen LogP contribution in [0.25, 0.3) is 0 Å². The molecule has 0 atom stereocenters. The third-order valence-electron chi connectivity index (χ3n) is 2.95. The van der Waals surface area contributed by atoms with Gasteiger partial charge in [0.25, 0.3) is 0 Å². The first-order valence-electron chi connectivity index (χ1n) is 5.09. The van der Waals surface area contributed by atoms with Crippen molar-refractivity contribution in [3.8, 4) is 0 Å². The molecule has 0 saturated heterocycles. The zero-order chi connectivity index (χ0) is 10.7. The van der Waals surface area contributed by atoms with Crippen LogP contribution in [0.4, 0.5) is 5.13 Å². The van der Waals surface area contributed by atoms with E-state index in [9.17, 15) is 0 Å². The van der Waals surface area contributed by atoms with Gasteiger partial charge in [-0.25, -0.2) is 0 Å². The molecular formula is C9H15N3S3. The summed E-state index contributed by atoms with van der Waals surface area (Å²) < 4.78 is 1.16. The fourth-order valence-corrected chi connectivity index (χ4v) is 3.71. The number of aromatic nitrogens is 2. The van der Waals surface area contributed by atoms with Gasteiger partial charge in [-0.1, -0.05) is 24.2 Å². The predicted molar refractivity (Wildman–Crippen MR) is 70.5 cm³/mol. The lowest BCUT2D eigenvalue weighted by molar-refractivity contribution is 0.639. The summed E-state index contributed by atoms with van der Waals surface area (Å²) in [5, 5.41) is 11.2. The molecule has 1 aromatic rings. The maximum atomic E-state index is 4.99. The molecule has 0 radical (unpaired) electrons. The fourth-order valence-electron chi connectivity index (χ4n) is 2.01. The summed E-state index contributed by atoms with van der Waals surface area (Å²) in [5.41, 5.74) is 0. The van der Waals surface area contributed by atoms with E-state index in [-0.39, 0.29) is 0 Å². The molecule has 1 saturated carbocycles. The van der Waals surface area contributed by atoms with E-state index in [0.717, 1.165) is 15.6 Å². The Balaban J connectivity index is 1.94. The third-order valence-corrected chi connectivity index (χ3v) is 5.41. The van der Waals surface area contributed by atoms with Gasteiger partial charge in [0.15, 0.2) is 3.95 Å². The van der Waals surface area contributed by atoms with Gasteiger partial charge in [0, 0.05) is 11.3 Å². The van der Waals surface area contributed by atoms with Crippen molar-refractivity contribution in [2.45, 2.75) is 30.4 Å². The molecule has 3 nitrogen and oxygen atoms in total. The highest BCUT2D eigenvalue weighted by Crippen LogP contribution is 2.40. The van der Waals surface area contributed by atoms with Crippen molar-refractivity contribution in [2.75, 3.05) is 18.1 Å². The van der Waals surface area contributed by atoms with Crippen LogP contribution in [0.2, 0.25) is 0 Å². The minimum atomic E-state index is 0.424. The quantitative estimate of drug-likeness (QED) is 0.816. The van der Waals surface area contributed by atoms with Crippen LogP contribution in [0.5, 0.6) is 0 Å². The van der Waals surface area contributed by atoms with E-state index in [0.29, 0.717) is 4.75 Å². The van der Waals surface area contributed by atoms with Crippen LogP contribution in [-0.2, 0) is 0 Å². The standard InChI is InChI=1S/C9H15N3S3/c1-14-9(4-2-3-5-9)6-10-7-11-12-8(13)15-7/h2-6H2,1H3,(H,10,11)(H,12,13). The van der Waals surface area contributed by atoms with Gasteiger partial charge in [-0.15, -0.1) is 5.10 Å². The molecule has 0 amide bonds. The van der Waals surface area contributed by atoms with Crippen molar-refractivity contribution in [1.82, 2.24) is 10.2 Å². The number of thioether (sulfide) groups is 1. The summed E-state index contributed by atoms with van der Waals surface area (Å²) >= 11 is 8.49. The molecule has 15 heavy (non-hydrogen) atoms. The number of hydrogen-bond acceptors (Lipinski definition) is 5. The van der Waals surface area contributed by atoms with Crippen molar-refractivity contribution < 1.29 is 0 Å². The number of H-pyrrole nitrogens is 1. The van der Waals surface area contributed by atoms with Gasteiger partial charge in [-0.05, 0) is 31.3 Å². The second-order valence-electron chi connectivity index (χ2n) is 3.87. The average molecular weight is 261 g/mol. The van der Waals surface area contributed by atoms with Gasteiger partial charge in [0.05, 0.1) is 0 Å². The van der Waals surface area contributed by atoms with E-state index in [4.69, 9.17) is 12.2 Å². The second kappa shape index (κ2) is 4.84. The van der Waals surface area contributed by atoms with Crippen LogP contribution < -0.4 is 5.32 Å². The van der Waals surface area contributed by atoms with E-state index in [1.165, 1.54) is 37.0 Å². The highest BCUT2D eigenvalue weighted by Gasteiger charge is 2.32. The molecule has 1 aliphatic rings. The highest BCUT2D eigenvalue weighted by atomic mass is 32.2. The average Bonchev–Trinajstić information content (AvgIpc) is 2.85. The highest BCUT2D eigenvalue weighted by molar-refractivity contribution is 8.00.